The second kappa shape index (κ2) is 11.2. The molecule has 2 heterocycles. The monoisotopic (exact) mass is 443 g/mol. The highest BCUT2D eigenvalue weighted by Gasteiger charge is 2.29. The third-order valence-electron chi connectivity index (χ3n) is 5.32. The number of thioether (sulfide) groups is 1. The molecule has 0 bridgehead atoms. The van der Waals surface area contributed by atoms with E-state index in [-0.39, 0.29) is 30.9 Å². The van der Waals surface area contributed by atoms with Crippen molar-refractivity contribution in [3.63, 3.8) is 0 Å². The van der Waals surface area contributed by atoms with Crippen LogP contribution in [0.4, 0.5) is 5.82 Å². The van der Waals surface area contributed by atoms with Crippen LogP contribution in [-0.4, -0.2) is 61.1 Å². The number of aliphatic hydroxyl groups is 1. The van der Waals surface area contributed by atoms with Crippen LogP contribution in [-0.2, 0) is 9.53 Å². The number of benzene rings is 1. The molecule has 0 unspecified atom stereocenters. The zero-order valence-electron chi connectivity index (χ0n) is 18.0. The van der Waals surface area contributed by atoms with Gasteiger partial charge in [-0.25, -0.2) is 4.98 Å². The van der Waals surface area contributed by atoms with Gasteiger partial charge in [-0.15, -0.1) is 11.8 Å². The Morgan fingerprint density at radius 2 is 1.90 bits per heavy atom. The van der Waals surface area contributed by atoms with Crippen LogP contribution in [0, 0.1) is 5.92 Å². The van der Waals surface area contributed by atoms with Gasteiger partial charge in [0.1, 0.15) is 5.82 Å². The van der Waals surface area contributed by atoms with Crippen molar-refractivity contribution in [1.82, 2.24) is 10.3 Å². The summed E-state index contributed by atoms with van der Waals surface area (Å²) in [6.07, 6.45) is 3.35. The lowest BCUT2D eigenvalue weighted by molar-refractivity contribution is -0.148. The molecule has 2 aromatic rings. The van der Waals surface area contributed by atoms with Crippen molar-refractivity contribution >= 4 is 29.5 Å². The molecule has 2 N–H and O–H groups in total. The van der Waals surface area contributed by atoms with Crippen LogP contribution in [0.15, 0.2) is 41.3 Å². The fourth-order valence-electron chi connectivity index (χ4n) is 3.64. The molecular formula is C23H29N3O4S. The Kier molecular flexibility index (Phi) is 8.31. The van der Waals surface area contributed by atoms with Crippen LogP contribution in [0.3, 0.4) is 0 Å². The van der Waals surface area contributed by atoms with E-state index in [2.05, 4.69) is 10.2 Å². The number of esters is 1. The molecule has 166 valence electrons. The Morgan fingerprint density at radius 1 is 1.19 bits per heavy atom. The van der Waals surface area contributed by atoms with Gasteiger partial charge in [0.25, 0.3) is 5.91 Å². The van der Waals surface area contributed by atoms with Gasteiger partial charge in [0.15, 0.2) is 0 Å². The average molecular weight is 444 g/mol. The van der Waals surface area contributed by atoms with Crippen molar-refractivity contribution in [1.29, 1.82) is 0 Å². The Balaban J connectivity index is 1.87. The lowest BCUT2D eigenvalue weighted by Gasteiger charge is -2.33. The van der Waals surface area contributed by atoms with E-state index in [4.69, 9.17) is 14.8 Å². The van der Waals surface area contributed by atoms with Crippen LogP contribution in [0.5, 0.6) is 0 Å². The number of anilines is 1. The van der Waals surface area contributed by atoms with Gasteiger partial charge in [-0.1, -0.05) is 12.1 Å². The molecule has 1 saturated heterocycles. The molecule has 0 aliphatic carbocycles. The van der Waals surface area contributed by atoms with Gasteiger partial charge in [0.05, 0.1) is 30.4 Å². The second-order valence-corrected chi connectivity index (χ2v) is 8.17. The predicted octanol–water partition coefficient (Wildman–Crippen LogP) is 2.97. The van der Waals surface area contributed by atoms with E-state index in [0.717, 1.165) is 11.3 Å². The molecule has 0 atom stereocenters. The third kappa shape index (κ3) is 5.77. The summed E-state index contributed by atoms with van der Waals surface area (Å²) in [5.41, 5.74) is 2.23. The molecular weight excluding hydrogens is 414 g/mol. The largest absolute Gasteiger partial charge is 0.466 e. The Morgan fingerprint density at radius 3 is 2.52 bits per heavy atom. The number of ether oxygens (including phenoxy) is 1. The third-order valence-corrected chi connectivity index (χ3v) is 6.06. The van der Waals surface area contributed by atoms with Gasteiger partial charge in [-0.05, 0) is 50.3 Å². The number of aromatic nitrogens is 1. The number of hydrogen-bond acceptors (Lipinski definition) is 7. The zero-order chi connectivity index (χ0) is 22.2. The minimum atomic E-state index is -0.270. The SMILES string of the molecule is CCOC(=O)C1CCN(c2nc(-c3ccc(SC)cc3)ccc2C(=O)NCCO)CC1. The number of amides is 1. The molecule has 1 aliphatic heterocycles. The second-order valence-electron chi connectivity index (χ2n) is 7.29. The highest BCUT2D eigenvalue weighted by atomic mass is 32.2. The van der Waals surface area contributed by atoms with Gasteiger partial charge in [-0.3, -0.25) is 9.59 Å². The summed E-state index contributed by atoms with van der Waals surface area (Å²) in [7, 11) is 0. The van der Waals surface area contributed by atoms with Crippen LogP contribution >= 0.6 is 11.8 Å². The first kappa shape index (κ1) is 23.1. The molecule has 1 aliphatic rings. The van der Waals surface area contributed by atoms with Crippen molar-refractivity contribution in [3.8, 4) is 11.3 Å². The van der Waals surface area contributed by atoms with Crippen molar-refractivity contribution in [2.45, 2.75) is 24.7 Å². The number of carbonyl (C=O) groups excluding carboxylic acids is 2. The lowest BCUT2D eigenvalue weighted by Crippen LogP contribution is -2.39. The van der Waals surface area contributed by atoms with Crippen molar-refractivity contribution in [2.75, 3.05) is 44.0 Å². The average Bonchev–Trinajstić information content (AvgIpc) is 2.82. The number of pyridine rings is 1. The number of nitrogens with zero attached hydrogens (tertiary/aromatic N) is 2. The molecule has 8 heteroatoms. The predicted molar refractivity (Wildman–Crippen MR) is 122 cm³/mol. The van der Waals surface area contributed by atoms with E-state index in [9.17, 15) is 9.59 Å². The molecule has 31 heavy (non-hydrogen) atoms. The van der Waals surface area contributed by atoms with Gasteiger partial charge < -0.3 is 20.1 Å². The summed E-state index contributed by atoms with van der Waals surface area (Å²) in [5, 5.41) is 11.8. The van der Waals surface area contributed by atoms with E-state index in [0.29, 0.717) is 43.9 Å². The van der Waals surface area contributed by atoms with Crippen LogP contribution < -0.4 is 10.2 Å². The molecule has 1 aromatic carbocycles. The van der Waals surface area contributed by atoms with Crippen molar-refractivity contribution < 1.29 is 19.4 Å². The van der Waals surface area contributed by atoms with E-state index in [1.165, 1.54) is 4.90 Å². The first-order valence-electron chi connectivity index (χ1n) is 10.5. The van der Waals surface area contributed by atoms with Crippen LogP contribution in [0.1, 0.15) is 30.1 Å². The van der Waals surface area contributed by atoms with Crippen molar-refractivity contribution in [3.05, 3.63) is 42.0 Å². The molecule has 0 spiro atoms. The van der Waals surface area contributed by atoms with E-state index in [1.807, 2.05) is 43.5 Å². The maximum absolute atomic E-state index is 12.7. The molecule has 1 amide bonds. The topological polar surface area (TPSA) is 91.8 Å². The molecule has 1 fully saturated rings. The Labute approximate surface area is 187 Å². The minimum Gasteiger partial charge on any atom is -0.466 e. The maximum atomic E-state index is 12.7. The van der Waals surface area contributed by atoms with Gasteiger partial charge in [0, 0.05) is 30.1 Å². The summed E-state index contributed by atoms with van der Waals surface area (Å²) in [6, 6.07) is 11.8. The summed E-state index contributed by atoms with van der Waals surface area (Å²) in [5.74, 6) is 0.0568. The van der Waals surface area contributed by atoms with Gasteiger partial charge in [-0.2, -0.15) is 0 Å². The summed E-state index contributed by atoms with van der Waals surface area (Å²) < 4.78 is 5.16. The van der Waals surface area contributed by atoms with Gasteiger partial charge >= 0.3 is 5.97 Å². The number of rotatable bonds is 8. The minimum absolute atomic E-state index is 0.120. The number of nitrogens with one attached hydrogen (secondary N) is 1. The Bertz CT molecular complexity index is 896. The smallest absolute Gasteiger partial charge is 0.309 e. The highest BCUT2D eigenvalue weighted by molar-refractivity contribution is 7.98. The van der Waals surface area contributed by atoms with E-state index >= 15 is 0 Å². The van der Waals surface area contributed by atoms with Crippen LogP contribution in [0.2, 0.25) is 0 Å². The van der Waals surface area contributed by atoms with E-state index in [1.54, 1.807) is 17.8 Å². The molecule has 0 saturated carbocycles. The van der Waals surface area contributed by atoms with Crippen LogP contribution in [0.25, 0.3) is 11.3 Å². The number of carbonyl (C=O) groups is 2. The number of piperidine rings is 1. The standard InChI is InChI=1S/C23H29N3O4S/c1-3-30-23(29)17-10-13-26(14-11-17)21-19(22(28)24-12-15-27)8-9-20(25-21)16-4-6-18(31-2)7-5-16/h4-9,17,27H,3,10-15H2,1-2H3,(H,24,28). The lowest BCUT2D eigenvalue weighted by atomic mass is 9.96. The maximum Gasteiger partial charge on any atom is 0.309 e. The number of aliphatic hydroxyl groups excluding tert-OH is 1. The first-order valence-corrected chi connectivity index (χ1v) is 11.8. The normalized spacial score (nSPS) is 14.4. The molecule has 1 aromatic heterocycles. The zero-order valence-corrected chi connectivity index (χ0v) is 18.8. The van der Waals surface area contributed by atoms with Gasteiger partial charge in [0.2, 0.25) is 0 Å². The van der Waals surface area contributed by atoms with Crippen molar-refractivity contribution in [2.24, 2.45) is 5.92 Å². The highest BCUT2D eigenvalue weighted by Crippen LogP contribution is 2.29. The summed E-state index contributed by atoms with van der Waals surface area (Å²) >= 11 is 1.68. The Hall–Kier alpha value is -2.58. The summed E-state index contributed by atoms with van der Waals surface area (Å²) in [4.78, 5) is 32.8. The molecule has 0 radical (unpaired) electrons. The molecule has 3 rings (SSSR count). The molecule has 7 nitrogen and oxygen atoms in total. The quantitative estimate of drug-likeness (QED) is 0.479. The summed E-state index contributed by atoms with van der Waals surface area (Å²) in [6.45, 7) is 3.48. The fourth-order valence-corrected chi connectivity index (χ4v) is 4.05. The number of hydrogen-bond donors (Lipinski definition) is 2. The van der Waals surface area contributed by atoms with E-state index < -0.39 is 0 Å². The fraction of sp³-hybridized carbons (Fsp3) is 0.435. The first-order chi connectivity index (χ1) is 15.1.